The zero-order valence-corrected chi connectivity index (χ0v) is 15.6. The summed E-state index contributed by atoms with van der Waals surface area (Å²) >= 11 is 0. The minimum absolute atomic E-state index is 0.143. The first-order valence-electron chi connectivity index (χ1n) is 8.85. The summed E-state index contributed by atoms with van der Waals surface area (Å²) in [4.78, 5) is 20.3. The van der Waals surface area contributed by atoms with E-state index < -0.39 is 0 Å². The molecule has 6 nitrogen and oxygen atoms in total. The molecule has 27 heavy (non-hydrogen) atoms. The maximum Gasteiger partial charge on any atom is 0.253 e. The van der Waals surface area contributed by atoms with Crippen LogP contribution in [-0.2, 0) is 6.54 Å². The third-order valence-electron chi connectivity index (χ3n) is 4.90. The number of nitrogens with one attached hydrogen (secondary N) is 2. The van der Waals surface area contributed by atoms with Gasteiger partial charge in [-0.05, 0) is 50.1 Å². The fourth-order valence-corrected chi connectivity index (χ4v) is 3.40. The number of aromatic nitrogens is 4. The van der Waals surface area contributed by atoms with Crippen molar-refractivity contribution in [2.75, 3.05) is 0 Å². The van der Waals surface area contributed by atoms with Crippen molar-refractivity contribution in [2.45, 2.75) is 27.3 Å². The Kier molecular flexibility index (Phi) is 4.24. The number of amides is 1. The summed E-state index contributed by atoms with van der Waals surface area (Å²) in [5.41, 5.74) is 7.00. The molecule has 2 aromatic carbocycles. The van der Waals surface area contributed by atoms with Crippen molar-refractivity contribution in [2.24, 2.45) is 0 Å². The molecule has 0 atom stereocenters. The highest BCUT2D eigenvalue weighted by molar-refractivity contribution is 5.98. The van der Waals surface area contributed by atoms with Crippen LogP contribution in [0.3, 0.4) is 0 Å². The summed E-state index contributed by atoms with van der Waals surface area (Å²) in [6, 6.07) is 11.7. The first-order valence-corrected chi connectivity index (χ1v) is 8.85. The van der Waals surface area contributed by atoms with E-state index in [2.05, 4.69) is 53.3 Å². The van der Waals surface area contributed by atoms with E-state index in [1.54, 1.807) is 17.1 Å². The van der Waals surface area contributed by atoms with Crippen molar-refractivity contribution in [3.05, 3.63) is 77.0 Å². The topological polar surface area (TPSA) is 75.6 Å². The normalized spacial score (nSPS) is 11.1. The fourth-order valence-electron chi connectivity index (χ4n) is 3.40. The Balaban J connectivity index is 1.63. The first kappa shape index (κ1) is 17.0. The molecule has 0 unspecified atom stereocenters. The van der Waals surface area contributed by atoms with E-state index in [4.69, 9.17) is 0 Å². The van der Waals surface area contributed by atoms with Crippen LogP contribution >= 0.6 is 0 Å². The number of aromatic amines is 1. The molecule has 0 aliphatic carbocycles. The fraction of sp³-hybridized carbons (Fsp3) is 0.190. The molecule has 0 aliphatic rings. The second kappa shape index (κ2) is 6.72. The largest absolute Gasteiger partial charge is 0.358 e. The Morgan fingerprint density at radius 3 is 2.78 bits per heavy atom. The Labute approximate surface area is 157 Å². The van der Waals surface area contributed by atoms with Crippen molar-refractivity contribution >= 4 is 16.8 Å². The SMILES string of the molecule is Cc1cc(CNC(=O)c2ccccc2-n2cncn2)c2[nH]c(C)c(C)c2c1. The number of H-pyrrole nitrogens is 1. The van der Waals surface area contributed by atoms with Crippen LogP contribution in [0.2, 0.25) is 0 Å². The van der Waals surface area contributed by atoms with E-state index >= 15 is 0 Å². The molecule has 0 saturated carbocycles. The predicted molar refractivity (Wildman–Crippen MR) is 105 cm³/mol. The molecule has 0 spiro atoms. The molecule has 2 N–H and O–H groups in total. The monoisotopic (exact) mass is 359 g/mol. The molecule has 0 fully saturated rings. The first-order chi connectivity index (χ1) is 13.0. The highest BCUT2D eigenvalue weighted by Gasteiger charge is 2.14. The van der Waals surface area contributed by atoms with Gasteiger partial charge >= 0.3 is 0 Å². The zero-order valence-electron chi connectivity index (χ0n) is 15.6. The lowest BCUT2D eigenvalue weighted by Crippen LogP contribution is -2.24. The number of hydrogen-bond acceptors (Lipinski definition) is 3. The van der Waals surface area contributed by atoms with E-state index in [0.29, 0.717) is 17.8 Å². The molecular weight excluding hydrogens is 338 g/mol. The minimum atomic E-state index is -0.143. The quantitative estimate of drug-likeness (QED) is 0.584. The van der Waals surface area contributed by atoms with Crippen LogP contribution in [0.4, 0.5) is 0 Å². The van der Waals surface area contributed by atoms with Gasteiger partial charge in [-0.25, -0.2) is 9.67 Å². The van der Waals surface area contributed by atoms with E-state index in [1.165, 1.54) is 22.8 Å². The van der Waals surface area contributed by atoms with Crippen molar-refractivity contribution < 1.29 is 4.79 Å². The molecule has 0 saturated heterocycles. The number of carbonyl (C=O) groups is 1. The zero-order chi connectivity index (χ0) is 19.0. The summed E-state index contributed by atoms with van der Waals surface area (Å²) < 4.78 is 1.59. The van der Waals surface area contributed by atoms with Crippen molar-refractivity contribution in [3.63, 3.8) is 0 Å². The molecule has 136 valence electrons. The Hall–Kier alpha value is -3.41. The lowest BCUT2D eigenvalue weighted by molar-refractivity contribution is 0.0951. The van der Waals surface area contributed by atoms with Crippen LogP contribution in [0.25, 0.3) is 16.6 Å². The number of para-hydroxylation sites is 1. The summed E-state index contributed by atoms with van der Waals surface area (Å²) in [5, 5.41) is 8.39. The standard InChI is InChI=1S/C21H21N5O/c1-13-8-16(20-18(9-13)14(2)15(3)25-20)10-23-21(27)17-6-4-5-7-19(17)26-12-22-11-24-26/h4-9,11-12,25H,10H2,1-3H3,(H,23,27). The molecule has 4 rings (SSSR count). The Morgan fingerprint density at radius 2 is 2.00 bits per heavy atom. The highest BCUT2D eigenvalue weighted by atomic mass is 16.1. The van der Waals surface area contributed by atoms with Gasteiger partial charge in [0.25, 0.3) is 5.91 Å². The molecule has 0 bridgehead atoms. The number of fused-ring (bicyclic) bond motifs is 1. The third kappa shape index (κ3) is 3.10. The van der Waals surface area contributed by atoms with Gasteiger partial charge in [-0.3, -0.25) is 4.79 Å². The lowest BCUT2D eigenvalue weighted by atomic mass is 10.0. The van der Waals surface area contributed by atoms with Gasteiger partial charge in [-0.1, -0.05) is 23.8 Å². The average molecular weight is 359 g/mol. The van der Waals surface area contributed by atoms with Gasteiger partial charge < -0.3 is 10.3 Å². The molecule has 2 heterocycles. The second-order valence-electron chi connectivity index (χ2n) is 6.76. The molecule has 2 aromatic heterocycles. The maximum atomic E-state index is 12.8. The summed E-state index contributed by atoms with van der Waals surface area (Å²) in [6.45, 7) is 6.71. The van der Waals surface area contributed by atoms with Gasteiger partial charge in [-0.2, -0.15) is 5.10 Å². The molecule has 6 heteroatoms. The second-order valence-corrected chi connectivity index (χ2v) is 6.76. The number of hydrogen-bond donors (Lipinski definition) is 2. The molecule has 0 aliphatic heterocycles. The molecule has 0 radical (unpaired) electrons. The van der Waals surface area contributed by atoms with Gasteiger partial charge in [0.1, 0.15) is 12.7 Å². The molecular formula is C21H21N5O. The van der Waals surface area contributed by atoms with E-state index in [-0.39, 0.29) is 5.91 Å². The third-order valence-corrected chi connectivity index (χ3v) is 4.90. The van der Waals surface area contributed by atoms with Crippen molar-refractivity contribution in [1.29, 1.82) is 0 Å². The molecule has 1 amide bonds. The maximum absolute atomic E-state index is 12.8. The van der Waals surface area contributed by atoms with E-state index in [0.717, 1.165) is 16.8 Å². The summed E-state index contributed by atoms with van der Waals surface area (Å²) in [7, 11) is 0. The van der Waals surface area contributed by atoms with Crippen LogP contribution < -0.4 is 5.32 Å². The lowest BCUT2D eigenvalue weighted by Gasteiger charge is -2.11. The number of aryl methyl sites for hydroxylation is 3. The van der Waals surface area contributed by atoms with E-state index in [1.807, 2.05) is 18.2 Å². The van der Waals surface area contributed by atoms with Crippen LogP contribution in [0, 0.1) is 20.8 Å². The summed E-state index contributed by atoms with van der Waals surface area (Å²) in [5.74, 6) is -0.143. The van der Waals surface area contributed by atoms with Crippen LogP contribution in [0.15, 0.2) is 49.1 Å². The van der Waals surface area contributed by atoms with Gasteiger partial charge in [-0.15, -0.1) is 0 Å². The minimum Gasteiger partial charge on any atom is -0.358 e. The van der Waals surface area contributed by atoms with Gasteiger partial charge in [0.2, 0.25) is 0 Å². The Bertz CT molecular complexity index is 1130. The molecule has 4 aromatic rings. The van der Waals surface area contributed by atoms with E-state index in [9.17, 15) is 4.79 Å². The van der Waals surface area contributed by atoms with Gasteiger partial charge in [0.15, 0.2) is 0 Å². The average Bonchev–Trinajstić information content (AvgIpc) is 3.30. The number of benzene rings is 2. The van der Waals surface area contributed by atoms with Crippen LogP contribution in [-0.4, -0.2) is 25.7 Å². The van der Waals surface area contributed by atoms with Crippen LogP contribution in [0.5, 0.6) is 0 Å². The highest BCUT2D eigenvalue weighted by Crippen LogP contribution is 2.26. The van der Waals surface area contributed by atoms with Crippen molar-refractivity contribution in [3.8, 4) is 5.69 Å². The van der Waals surface area contributed by atoms with Gasteiger partial charge in [0, 0.05) is 17.6 Å². The van der Waals surface area contributed by atoms with Crippen molar-refractivity contribution in [1.82, 2.24) is 25.1 Å². The Morgan fingerprint density at radius 1 is 1.19 bits per heavy atom. The summed E-state index contributed by atoms with van der Waals surface area (Å²) in [6.07, 6.45) is 3.04. The van der Waals surface area contributed by atoms with Gasteiger partial charge in [0.05, 0.1) is 16.8 Å². The number of rotatable bonds is 4. The number of carbonyl (C=O) groups excluding carboxylic acids is 1. The van der Waals surface area contributed by atoms with Crippen LogP contribution in [0.1, 0.15) is 32.7 Å². The predicted octanol–water partition coefficient (Wildman–Crippen LogP) is 3.60. The number of nitrogens with zero attached hydrogens (tertiary/aromatic N) is 3. The smallest absolute Gasteiger partial charge is 0.253 e.